The molecule has 0 bridgehead atoms. The molecule has 1 amide bonds. The summed E-state index contributed by atoms with van der Waals surface area (Å²) in [5, 5.41) is 4.46. The van der Waals surface area contributed by atoms with Crippen molar-refractivity contribution in [2.24, 2.45) is 0 Å². The first-order valence-electron chi connectivity index (χ1n) is 12.1. The van der Waals surface area contributed by atoms with Crippen molar-refractivity contribution < 1.29 is 9.53 Å². The number of carbonyl (C=O) groups excluding carboxylic acids is 1. The van der Waals surface area contributed by atoms with Crippen LogP contribution in [0.15, 0.2) is 42.5 Å². The summed E-state index contributed by atoms with van der Waals surface area (Å²) in [6.07, 6.45) is 2.32. The summed E-state index contributed by atoms with van der Waals surface area (Å²) >= 11 is 7.94. The second-order valence-corrected chi connectivity index (χ2v) is 10.7. The molecular weight excluding hydrogens is 482 g/mol. The van der Waals surface area contributed by atoms with E-state index in [1.807, 2.05) is 25.1 Å². The fraction of sp³-hybridized carbons (Fsp3) is 0.423. The first-order chi connectivity index (χ1) is 17.0. The van der Waals surface area contributed by atoms with Crippen molar-refractivity contribution in [3.05, 3.63) is 53.2 Å². The molecule has 7 nitrogen and oxygen atoms in total. The number of piperidine rings is 1. The summed E-state index contributed by atoms with van der Waals surface area (Å²) in [7, 11) is 0. The number of hydrogen-bond acceptors (Lipinski definition) is 7. The second-order valence-electron chi connectivity index (χ2n) is 9.00. The molecule has 0 unspecified atom stereocenters. The van der Waals surface area contributed by atoms with E-state index in [1.54, 1.807) is 24.3 Å². The lowest BCUT2D eigenvalue weighted by molar-refractivity contribution is -0.118. The van der Waals surface area contributed by atoms with Crippen LogP contribution < -0.4 is 15.0 Å². The molecule has 0 aliphatic carbocycles. The largest absolute Gasteiger partial charge is 0.484 e. The van der Waals surface area contributed by atoms with Gasteiger partial charge in [-0.25, -0.2) is 9.97 Å². The van der Waals surface area contributed by atoms with Gasteiger partial charge in [0.1, 0.15) is 5.75 Å². The van der Waals surface area contributed by atoms with Crippen molar-refractivity contribution in [3.63, 3.8) is 0 Å². The standard InChI is InChI=1S/C26H30ClN5O2S/c1-18-23-16-20(29-25(33)17-34-22-5-2-19(27)3-6-22)4-7-24(23)30-26(28-18)32-10-8-21(9-11-32)31-12-14-35-15-13-31/h2-7,16,21H,8-15,17H2,1H3,(H,29,33). The van der Waals surface area contributed by atoms with Gasteiger partial charge in [-0.1, -0.05) is 11.6 Å². The number of benzene rings is 2. The zero-order valence-electron chi connectivity index (χ0n) is 19.9. The van der Waals surface area contributed by atoms with Crippen LogP contribution in [0.2, 0.25) is 5.02 Å². The van der Waals surface area contributed by atoms with Gasteiger partial charge in [0.25, 0.3) is 5.91 Å². The minimum Gasteiger partial charge on any atom is -0.484 e. The van der Waals surface area contributed by atoms with Crippen LogP contribution in [0.5, 0.6) is 5.75 Å². The Morgan fingerprint density at radius 2 is 1.83 bits per heavy atom. The first kappa shape index (κ1) is 24.2. The maximum atomic E-state index is 12.4. The number of carbonyl (C=O) groups is 1. The highest BCUT2D eigenvalue weighted by Gasteiger charge is 2.27. The van der Waals surface area contributed by atoms with Crippen molar-refractivity contribution in [2.45, 2.75) is 25.8 Å². The molecule has 2 aliphatic rings. The molecule has 0 saturated carbocycles. The van der Waals surface area contributed by atoms with Crippen LogP contribution in [0.25, 0.3) is 10.9 Å². The van der Waals surface area contributed by atoms with E-state index in [4.69, 9.17) is 26.3 Å². The number of nitrogens with zero attached hydrogens (tertiary/aromatic N) is 4. The van der Waals surface area contributed by atoms with Gasteiger partial charge in [0, 0.05) is 59.8 Å². The van der Waals surface area contributed by atoms with Crippen molar-refractivity contribution in [2.75, 3.05) is 54.5 Å². The average molecular weight is 512 g/mol. The summed E-state index contributed by atoms with van der Waals surface area (Å²) in [4.78, 5) is 27.0. The van der Waals surface area contributed by atoms with Crippen LogP contribution >= 0.6 is 23.4 Å². The van der Waals surface area contributed by atoms with Crippen molar-refractivity contribution in [1.82, 2.24) is 14.9 Å². The Morgan fingerprint density at radius 3 is 2.57 bits per heavy atom. The average Bonchev–Trinajstić information content (AvgIpc) is 2.89. The van der Waals surface area contributed by atoms with Crippen LogP contribution in [0.3, 0.4) is 0 Å². The van der Waals surface area contributed by atoms with Crippen molar-refractivity contribution >= 4 is 51.8 Å². The van der Waals surface area contributed by atoms with Gasteiger partial charge in [0.05, 0.1) is 11.2 Å². The Bertz CT molecular complexity index is 1180. The number of fused-ring (bicyclic) bond motifs is 1. The lowest BCUT2D eigenvalue weighted by Gasteiger charge is -2.40. The predicted molar refractivity (Wildman–Crippen MR) is 144 cm³/mol. The number of ether oxygens (including phenoxy) is 1. The van der Waals surface area contributed by atoms with E-state index in [0.717, 1.165) is 48.5 Å². The van der Waals surface area contributed by atoms with Crippen LogP contribution in [-0.4, -0.2) is 71.1 Å². The molecule has 3 heterocycles. The molecule has 0 atom stereocenters. The van der Waals surface area contributed by atoms with Crippen LogP contribution in [0, 0.1) is 6.92 Å². The first-order valence-corrected chi connectivity index (χ1v) is 13.6. The number of anilines is 2. The lowest BCUT2D eigenvalue weighted by Crippen LogP contribution is -2.48. The number of aromatic nitrogens is 2. The minimum absolute atomic E-state index is 0.0830. The van der Waals surface area contributed by atoms with Gasteiger partial charge in [-0.15, -0.1) is 0 Å². The van der Waals surface area contributed by atoms with E-state index in [-0.39, 0.29) is 12.5 Å². The molecule has 2 fully saturated rings. The van der Waals surface area contributed by atoms with E-state index < -0.39 is 0 Å². The molecular formula is C26H30ClN5O2S. The van der Waals surface area contributed by atoms with E-state index in [0.29, 0.717) is 22.5 Å². The highest BCUT2D eigenvalue weighted by atomic mass is 35.5. The summed E-state index contributed by atoms with van der Waals surface area (Å²) in [6.45, 7) is 6.32. The van der Waals surface area contributed by atoms with Crippen molar-refractivity contribution in [1.29, 1.82) is 0 Å². The lowest BCUT2D eigenvalue weighted by atomic mass is 10.0. The normalized spacial score (nSPS) is 17.5. The molecule has 1 aromatic heterocycles. The monoisotopic (exact) mass is 511 g/mol. The molecule has 2 aromatic carbocycles. The quantitative estimate of drug-likeness (QED) is 0.517. The Kier molecular flexibility index (Phi) is 7.60. The predicted octanol–water partition coefficient (Wildman–Crippen LogP) is 4.63. The van der Waals surface area contributed by atoms with Gasteiger partial charge in [0.2, 0.25) is 5.95 Å². The van der Waals surface area contributed by atoms with Crippen molar-refractivity contribution in [3.8, 4) is 5.75 Å². The summed E-state index contributed by atoms with van der Waals surface area (Å²) in [6, 6.07) is 13.4. The molecule has 184 valence electrons. The molecule has 35 heavy (non-hydrogen) atoms. The Labute approximate surface area is 215 Å². The summed E-state index contributed by atoms with van der Waals surface area (Å²) in [5.41, 5.74) is 2.49. The molecule has 3 aromatic rings. The van der Waals surface area contributed by atoms with E-state index in [1.165, 1.54) is 24.6 Å². The zero-order valence-corrected chi connectivity index (χ0v) is 21.4. The highest BCUT2D eigenvalue weighted by molar-refractivity contribution is 7.99. The smallest absolute Gasteiger partial charge is 0.262 e. The number of halogens is 1. The fourth-order valence-corrected chi connectivity index (χ4v) is 5.79. The number of hydrogen-bond donors (Lipinski definition) is 1. The van der Waals surface area contributed by atoms with Crippen LogP contribution in [0.1, 0.15) is 18.5 Å². The third-order valence-corrected chi connectivity index (χ3v) is 7.85. The second kappa shape index (κ2) is 11.0. The number of rotatable bonds is 6. The highest BCUT2D eigenvalue weighted by Crippen LogP contribution is 2.26. The van der Waals surface area contributed by atoms with Gasteiger partial charge < -0.3 is 15.0 Å². The maximum Gasteiger partial charge on any atom is 0.262 e. The van der Waals surface area contributed by atoms with E-state index >= 15 is 0 Å². The summed E-state index contributed by atoms with van der Waals surface area (Å²) < 4.78 is 5.53. The van der Waals surface area contributed by atoms with Gasteiger partial charge in [-0.2, -0.15) is 11.8 Å². The van der Waals surface area contributed by atoms with E-state index in [9.17, 15) is 4.79 Å². The summed E-state index contributed by atoms with van der Waals surface area (Å²) in [5.74, 6) is 3.68. The van der Waals surface area contributed by atoms with Gasteiger partial charge in [-0.05, 0) is 62.2 Å². The number of nitrogens with one attached hydrogen (secondary N) is 1. The molecule has 0 spiro atoms. The molecule has 9 heteroatoms. The Hall–Kier alpha value is -2.55. The fourth-order valence-electron chi connectivity index (χ4n) is 4.74. The van der Waals surface area contributed by atoms with Gasteiger partial charge in [0.15, 0.2) is 6.61 Å². The molecule has 2 saturated heterocycles. The van der Waals surface area contributed by atoms with Gasteiger partial charge >= 0.3 is 0 Å². The minimum atomic E-state index is -0.232. The Balaban J connectivity index is 1.20. The van der Waals surface area contributed by atoms with Crippen LogP contribution in [-0.2, 0) is 4.79 Å². The third-order valence-electron chi connectivity index (χ3n) is 6.65. The SMILES string of the molecule is Cc1nc(N2CCC(N3CCSCC3)CC2)nc2ccc(NC(=O)COc3ccc(Cl)cc3)cc12. The maximum absolute atomic E-state index is 12.4. The molecule has 1 N–H and O–H groups in total. The van der Waals surface area contributed by atoms with Crippen LogP contribution in [0.4, 0.5) is 11.6 Å². The molecule has 0 radical (unpaired) electrons. The number of thioether (sulfide) groups is 1. The number of aryl methyl sites for hydroxylation is 1. The molecule has 5 rings (SSSR count). The molecule has 2 aliphatic heterocycles. The Morgan fingerprint density at radius 1 is 1.09 bits per heavy atom. The topological polar surface area (TPSA) is 70.6 Å². The number of amides is 1. The van der Waals surface area contributed by atoms with Gasteiger partial charge in [-0.3, -0.25) is 9.69 Å². The third kappa shape index (κ3) is 6.00. The van der Waals surface area contributed by atoms with E-state index in [2.05, 4.69) is 26.9 Å². The zero-order chi connectivity index (χ0) is 24.2.